The molecule has 0 unspecified atom stereocenters. The molecular weight excluding hydrogens is 168 g/mol. The molecule has 0 aliphatic rings. The molecule has 1 heterocycles. The minimum atomic E-state index is 0.362. The summed E-state index contributed by atoms with van der Waals surface area (Å²) < 4.78 is 1.71. The van der Waals surface area contributed by atoms with E-state index in [-0.39, 0.29) is 0 Å². The van der Waals surface area contributed by atoms with Gasteiger partial charge in [0.25, 0.3) is 5.82 Å². The standard InChI is InChI=1S/C9H10N2O2/c1-2-9-10(12)7-5-3-4-6-8(7)11(9)13/h3-6,12H,2H2,1H3. The molecule has 0 atom stereocenters. The molecule has 0 aliphatic carbocycles. The number of para-hydroxylation sites is 2. The van der Waals surface area contributed by atoms with Crippen molar-refractivity contribution in [1.29, 1.82) is 0 Å². The minimum Gasteiger partial charge on any atom is -0.710 e. The van der Waals surface area contributed by atoms with Crippen LogP contribution in [0.3, 0.4) is 0 Å². The molecule has 0 saturated heterocycles. The van der Waals surface area contributed by atoms with Gasteiger partial charge in [0.05, 0.1) is 6.42 Å². The zero-order chi connectivity index (χ0) is 9.42. The average molecular weight is 178 g/mol. The number of rotatable bonds is 1. The summed E-state index contributed by atoms with van der Waals surface area (Å²) in [5.74, 6) is 0.362. The van der Waals surface area contributed by atoms with Gasteiger partial charge in [0.15, 0.2) is 5.52 Å². The topological polar surface area (TPSA) is 52.1 Å². The molecule has 0 aliphatic heterocycles. The van der Waals surface area contributed by atoms with E-state index >= 15 is 0 Å². The summed E-state index contributed by atoms with van der Waals surface area (Å²) in [6.07, 6.45) is 0.509. The van der Waals surface area contributed by atoms with Crippen LogP contribution in [0.1, 0.15) is 12.7 Å². The van der Waals surface area contributed by atoms with Crippen molar-refractivity contribution >= 4 is 11.0 Å². The number of hydrogen-bond donors (Lipinski definition) is 1. The van der Waals surface area contributed by atoms with Crippen LogP contribution in [0.2, 0.25) is 0 Å². The van der Waals surface area contributed by atoms with E-state index in [2.05, 4.69) is 0 Å². The third-order valence-corrected chi connectivity index (χ3v) is 2.12. The molecule has 4 nitrogen and oxygen atoms in total. The smallest absolute Gasteiger partial charge is 0.300 e. The Bertz CT molecular complexity index is 409. The van der Waals surface area contributed by atoms with Crippen molar-refractivity contribution in [2.45, 2.75) is 13.3 Å². The van der Waals surface area contributed by atoms with Crippen molar-refractivity contribution in [2.24, 2.45) is 0 Å². The maximum atomic E-state index is 11.5. The first kappa shape index (κ1) is 7.91. The highest BCUT2D eigenvalue weighted by Crippen LogP contribution is 2.11. The first-order valence-electron chi connectivity index (χ1n) is 4.17. The van der Waals surface area contributed by atoms with E-state index in [1.165, 1.54) is 0 Å². The van der Waals surface area contributed by atoms with Crippen LogP contribution in [0.15, 0.2) is 24.3 Å². The lowest BCUT2D eigenvalue weighted by atomic mass is 10.3. The van der Waals surface area contributed by atoms with Gasteiger partial charge in [0, 0.05) is 0 Å². The van der Waals surface area contributed by atoms with E-state index in [1.807, 2.05) is 6.92 Å². The lowest BCUT2D eigenvalue weighted by molar-refractivity contribution is -0.589. The molecule has 2 aromatic rings. The fraction of sp³-hybridized carbons (Fsp3) is 0.222. The fourth-order valence-electron chi connectivity index (χ4n) is 1.47. The second kappa shape index (κ2) is 2.65. The monoisotopic (exact) mass is 178 g/mol. The summed E-state index contributed by atoms with van der Waals surface area (Å²) in [7, 11) is 0. The first-order valence-corrected chi connectivity index (χ1v) is 4.17. The van der Waals surface area contributed by atoms with Crippen molar-refractivity contribution in [3.05, 3.63) is 35.3 Å². The van der Waals surface area contributed by atoms with Crippen molar-refractivity contribution in [3.8, 4) is 0 Å². The summed E-state index contributed by atoms with van der Waals surface area (Å²) in [6, 6.07) is 6.96. The van der Waals surface area contributed by atoms with E-state index in [0.717, 1.165) is 9.46 Å². The van der Waals surface area contributed by atoms with E-state index in [9.17, 15) is 10.4 Å². The molecule has 0 fully saturated rings. The number of fused-ring (bicyclic) bond motifs is 1. The van der Waals surface area contributed by atoms with Crippen LogP contribution < -0.4 is 4.73 Å². The zero-order valence-corrected chi connectivity index (χ0v) is 7.27. The number of aromatic nitrogens is 2. The quantitative estimate of drug-likeness (QED) is 0.403. The lowest BCUT2D eigenvalue weighted by Gasteiger charge is -1.99. The number of imidazole rings is 1. The van der Waals surface area contributed by atoms with Crippen molar-refractivity contribution < 1.29 is 9.94 Å². The van der Waals surface area contributed by atoms with E-state index in [4.69, 9.17) is 0 Å². The van der Waals surface area contributed by atoms with Crippen molar-refractivity contribution in [2.75, 3.05) is 0 Å². The Labute approximate surface area is 75.2 Å². The fourth-order valence-corrected chi connectivity index (χ4v) is 1.47. The van der Waals surface area contributed by atoms with Crippen LogP contribution in [0.25, 0.3) is 11.0 Å². The summed E-state index contributed by atoms with van der Waals surface area (Å²) in [4.78, 5) is 0. The minimum absolute atomic E-state index is 0.362. The molecule has 0 bridgehead atoms. The lowest BCUT2D eigenvalue weighted by Crippen LogP contribution is -2.30. The SMILES string of the molecule is CCc1n(O)c2ccccc2[n+]1[O-]. The predicted octanol–water partition coefficient (Wildman–Crippen LogP) is 1.07. The van der Waals surface area contributed by atoms with E-state index in [1.54, 1.807) is 24.3 Å². The third-order valence-electron chi connectivity index (χ3n) is 2.12. The molecule has 0 spiro atoms. The maximum Gasteiger partial charge on any atom is 0.300 e. The van der Waals surface area contributed by atoms with Crippen molar-refractivity contribution in [3.63, 3.8) is 0 Å². The number of benzene rings is 1. The molecule has 1 aromatic carbocycles. The highest BCUT2D eigenvalue weighted by Gasteiger charge is 2.18. The van der Waals surface area contributed by atoms with Gasteiger partial charge >= 0.3 is 0 Å². The second-order valence-electron chi connectivity index (χ2n) is 2.86. The van der Waals surface area contributed by atoms with Crippen LogP contribution >= 0.6 is 0 Å². The predicted molar refractivity (Wildman–Crippen MR) is 47.5 cm³/mol. The van der Waals surface area contributed by atoms with Gasteiger partial charge < -0.3 is 10.4 Å². The highest BCUT2D eigenvalue weighted by molar-refractivity contribution is 5.71. The molecule has 1 aromatic heterocycles. The van der Waals surface area contributed by atoms with Crippen LogP contribution in [0.5, 0.6) is 0 Å². The summed E-state index contributed by atoms with van der Waals surface area (Å²) in [5.41, 5.74) is 1.05. The van der Waals surface area contributed by atoms with Crippen LogP contribution in [0, 0.1) is 5.21 Å². The summed E-state index contributed by atoms with van der Waals surface area (Å²) >= 11 is 0. The van der Waals surface area contributed by atoms with Gasteiger partial charge in [-0.05, 0) is 16.9 Å². The summed E-state index contributed by atoms with van der Waals surface area (Å²) in [5, 5.41) is 21.1. The Kier molecular flexibility index (Phi) is 1.62. The third kappa shape index (κ3) is 0.950. The largest absolute Gasteiger partial charge is 0.710 e. The molecular formula is C9H10N2O2. The van der Waals surface area contributed by atoms with Gasteiger partial charge in [-0.3, -0.25) is 0 Å². The molecule has 4 heteroatoms. The molecule has 13 heavy (non-hydrogen) atoms. The molecule has 0 radical (unpaired) electrons. The van der Waals surface area contributed by atoms with Crippen LogP contribution in [-0.4, -0.2) is 9.94 Å². The van der Waals surface area contributed by atoms with Gasteiger partial charge in [0.1, 0.15) is 0 Å². The Balaban J connectivity index is 2.88. The Morgan fingerprint density at radius 3 is 2.77 bits per heavy atom. The van der Waals surface area contributed by atoms with Gasteiger partial charge in [-0.1, -0.05) is 19.1 Å². The second-order valence-corrected chi connectivity index (χ2v) is 2.86. The van der Waals surface area contributed by atoms with Gasteiger partial charge in [-0.15, -0.1) is 0 Å². The molecule has 2 rings (SSSR count). The summed E-state index contributed by atoms with van der Waals surface area (Å²) in [6.45, 7) is 1.83. The molecule has 1 N–H and O–H groups in total. The van der Waals surface area contributed by atoms with Crippen LogP contribution in [-0.2, 0) is 6.42 Å². The Morgan fingerprint density at radius 1 is 1.46 bits per heavy atom. The highest BCUT2D eigenvalue weighted by atomic mass is 16.5. The Hall–Kier alpha value is -1.71. The average Bonchev–Trinajstić information content (AvgIpc) is 2.41. The zero-order valence-electron chi connectivity index (χ0n) is 7.27. The van der Waals surface area contributed by atoms with Gasteiger partial charge in [-0.25, -0.2) is 4.73 Å². The molecule has 0 saturated carbocycles. The van der Waals surface area contributed by atoms with Crippen LogP contribution in [0.4, 0.5) is 0 Å². The number of hydrogen-bond acceptors (Lipinski definition) is 2. The number of nitrogens with zero attached hydrogens (tertiary/aromatic N) is 2. The Morgan fingerprint density at radius 2 is 2.15 bits per heavy atom. The van der Waals surface area contributed by atoms with Gasteiger partial charge in [0.2, 0.25) is 5.52 Å². The van der Waals surface area contributed by atoms with Crippen molar-refractivity contribution in [1.82, 2.24) is 4.73 Å². The van der Waals surface area contributed by atoms with Gasteiger partial charge in [-0.2, -0.15) is 0 Å². The van der Waals surface area contributed by atoms with E-state index < -0.39 is 0 Å². The maximum absolute atomic E-state index is 11.5. The first-order chi connectivity index (χ1) is 6.25. The molecule has 0 amide bonds. The molecule has 68 valence electrons. The van der Waals surface area contributed by atoms with E-state index in [0.29, 0.717) is 23.3 Å². The normalized spacial score (nSPS) is 10.8.